The highest BCUT2D eigenvalue weighted by Gasteiger charge is 2.12. The van der Waals surface area contributed by atoms with E-state index in [9.17, 15) is 9.18 Å². The van der Waals surface area contributed by atoms with Gasteiger partial charge in [0.15, 0.2) is 0 Å². The maximum atomic E-state index is 13.8. The molecule has 0 bridgehead atoms. The number of para-hydroxylation sites is 2. The first-order valence-electron chi connectivity index (χ1n) is 6.18. The van der Waals surface area contributed by atoms with Crippen molar-refractivity contribution in [1.29, 1.82) is 0 Å². The van der Waals surface area contributed by atoms with Crippen molar-refractivity contribution in [2.24, 2.45) is 0 Å². The Morgan fingerprint density at radius 3 is 2.52 bits per heavy atom. The number of rotatable bonds is 5. The highest BCUT2D eigenvalue weighted by Crippen LogP contribution is 2.22. The first-order valence-corrected chi connectivity index (χ1v) is 6.18. The summed E-state index contributed by atoms with van der Waals surface area (Å²) in [7, 11) is 2.95. The van der Waals surface area contributed by atoms with E-state index in [2.05, 4.69) is 10.9 Å². The Bertz CT molecular complexity index is 647. The largest absolute Gasteiger partial charge is 0.497 e. The van der Waals surface area contributed by atoms with Crippen LogP contribution in [0.15, 0.2) is 42.5 Å². The molecule has 0 fully saturated rings. The van der Waals surface area contributed by atoms with Gasteiger partial charge in [-0.3, -0.25) is 15.6 Å². The Morgan fingerprint density at radius 2 is 1.86 bits per heavy atom. The van der Waals surface area contributed by atoms with Crippen LogP contribution >= 0.6 is 0 Å². The van der Waals surface area contributed by atoms with Crippen LogP contribution in [0.3, 0.4) is 0 Å². The lowest BCUT2D eigenvalue weighted by molar-refractivity contribution is 0.0958. The molecule has 0 unspecified atom stereocenters. The van der Waals surface area contributed by atoms with Crippen molar-refractivity contribution in [3.63, 3.8) is 0 Å². The predicted molar refractivity (Wildman–Crippen MR) is 77.0 cm³/mol. The minimum atomic E-state index is -0.659. The number of hydrazine groups is 1. The van der Waals surface area contributed by atoms with Crippen molar-refractivity contribution in [2.45, 2.75) is 0 Å². The number of amides is 1. The molecular formula is C15H15FN2O3. The molecule has 0 spiro atoms. The number of nitrogens with one attached hydrogen (secondary N) is 2. The molecule has 0 saturated carbocycles. The van der Waals surface area contributed by atoms with Crippen molar-refractivity contribution in [1.82, 2.24) is 5.43 Å². The second-order valence-corrected chi connectivity index (χ2v) is 4.13. The summed E-state index contributed by atoms with van der Waals surface area (Å²) in [4.78, 5) is 11.9. The number of carbonyl (C=O) groups is 1. The Kier molecular flexibility index (Phi) is 4.61. The molecule has 2 N–H and O–H groups in total. The van der Waals surface area contributed by atoms with E-state index in [1.807, 2.05) is 0 Å². The minimum Gasteiger partial charge on any atom is -0.497 e. The monoisotopic (exact) mass is 290 g/mol. The second kappa shape index (κ2) is 6.60. The third-order valence-electron chi connectivity index (χ3n) is 2.84. The fourth-order valence-electron chi connectivity index (χ4n) is 1.75. The number of hydrogen-bond donors (Lipinski definition) is 2. The molecule has 0 saturated heterocycles. The lowest BCUT2D eigenvalue weighted by atomic mass is 10.2. The van der Waals surface area contributed by atoms with Crippen molar-refractivity contribution in [3.8, 4) is 11.5 Å². The van der Waals surface area contributed by atoms with Crippen LogP contribution in [0.1, 0.15) is 10.4 Å². The Hall–Kier alpha value is -2.76. The molecule has 0 radical (unpaired) electrons. The van der Waals surface area contributed by atoms with Crippen LogP contribution in [0.4, 0.5) is 10.1 Å². The molecule has 0 aromatic heterocycles. The normalized spacial score (nSPS) is 9.86. The molecule has 110 valence electrons. The number of anilines is 1. The van der Waals surface area contributed by atoms with Gasteiger partial charge in [-0.1, -0.05) is 12.1 Å². The van der Waals surface area contributed by atoms with Crippen LogP contribution in [0, 0.1) is 5.82 Å². The molecule has 2 rings (SSSR count). The highest BCUT2D eigenvalue weighted by atomic mass is 19.1. The SMILES string of the molecule is COc1ccc(C(=O)NNc2ccccc2OC)c(F)c1. The van der Waals surface area contributed by atoms with Crippen LogP contribution in [-0.4, -0.2) is 20.1 Å². The predicted octanol–water partition coefficient (Wildman–Crippen LogP) is 2.60. The topological polar surface area (TPSA) is 59.6 Å². The van der Waals surface area contributed by atoms with Gasteiger partial charge in [0.2, 0.25) is 0 Å². The average Bonchev–Trinajstić information content (AvgIpc) is 2.52. The van der Waals surface area contributed by atoms with E-state index in [0.29, 0.717) is 17.2 Å². The lowest BCUT2D eigenvalue weighted by Gasteiger charge is -2.12. The number of halogens is 1. The Labute approximate surface area is 121 Å². The summed E-state index contributed by atoms with van der Waals surface area (Å²) < 4.78 is 23.8. The van der Waals surface area contributed by atoms with Crippen LogP contribution < -0.4 is 20.3 Å². The van der Waals surface area contributed by atoms with Crippen LogP contribution in [0.25, 0.3) is 0 Å². The van der Waals surface area contributed by atoms with Gasteiger partial charge in [0.1, 0.15) is 17.3 Å². The molecule has 2 aromatic rings. The molecule has 0 aliphatic heterocycles. The van der Waals surface area contributed by atoms with Crippen molar-refractivity contribution in [3.05, 3.63) is 53.8 Å². The van der Waals surface area contributed by atoms with E-state index in [0.717, 1.165) is 6.07 Å². The molecule has 0 heterocycles. The van der Waals surface area contributed by atoms with E-state index in [-0.39, 0.29) is 5.56 Å². The van der Waals surface area contributed by atoms with E-state index in [4.69, 9.17) is 9.47 Å². The third kappa shape index (κ3) is 3.42. The van der Waals surface area contributed by atoms with Gasteiger partial charge >= 0.3 is 0 Å². The van der Waals surface area contributed by atoms with E-state index >= 15 is 0 Å². The summed E-state index contributed by atoms with van der Waals surface area (Å²) in [6.45, 7) is 0. The maximum absolute atomic E-state index is 13.8. The fraction of sp³-hybridized carbons (Fsp3) is 0.133. The summed E-state index contributed by atoms with van der Waals surface area (Å²) in [5, 5.41) is 0. The first kappa shape index (κ1) is 14.6. The molecule has 5 nitrogen and oxygen atoms in total. The molecule has 0 aliphatic carbocycles. The van der Waals surface area contributed by atoms with Crippen LogP contribution in [0.2, 0.25) is 0 Å². The van der Waals surface area contributed by atoms with Crippen molar-refractivity contribution >= 4 is 11.6 Å². The number of methoxy groups -OCH3 is 2. The zero-order valence-corrected chi connectivity index (χ0v) is 11.6. The molecule has 0 atom stereocenters. The highest BCUT2D eigenvalue weighted by molar-refractivity contribution is 5.95. The molecule has 6 heteroatoms. The van der Waals surface area contributed by atoms with Gasteiger partial charge in [0.05, 0.1) is 25.5 Å². The van der Waals surface area contributed by atoms with Crippen molar-refractivity contribution in [2.75, 3.05) is 19.6 Å². The molecule has 21 heavy (non-hydrogen) atoms. The first-order chi connectivity index (χ1) is 10.2. The summed E-state index contributed by atoms with van der Waals surface area (Å²) in [6, 6.07) is 11.1. The van der Waals surface area contributed by atoms with Crippen LogP contribution in [-0.2, 0) is 0 Å². The molecule has 0 aliphatic rings. The molecular weight excluding hydrogens is 275 g/mol. The number of ether oxygens (including phenoxy) is 2. The van der Waals surface area contributed by atoms with Gasteiger partial charge in [-0.2, -0.15) is 0 Å². The van der Waals surface area contributed by atoms with Gasteiger partial charge in [0, 0.05) is 6.07 Å². The standard InChI is InChI=1S/C15H15FN2O3/c1-20-10-7-8-11(12(16)9-10)15(19)18-17-13-5-3-4-6-14(13)21-2/h3-9,17H,1-2H3,(H,18,19). The number of benzene rings is 2. The second-order valence-electron chi connectivity index (χ2n) is 4.13. The lowest BCUT2D eigenvalue weighted by Crippen LogP contribution is -2.30. The van der Waals surface area contributed by atoms with Gasteiger partial charge in [-0.25, -0.2) is 4.39 Å². The molecule has 2 aromatic carbocycles. The zero-order chi connectivity index (χ0) is 15.2. The fourth-order valence-corrected chi connectivity index (χ4v) is 1.75. The van der Waals surface area contributed by atoms with Gasteiger partial charge in [-0.05, 0) is 24.3 Å². The van der Waals surface area contributed by atoms with E-state index in [1.165, 1.54) is 26.4 Å². The maximum Gasteiger partial charge on any atom is 0.272 e. The Balaban J connectivity index is 2.08. The van der Waals surface area contributed by atoms with Crippen molar-refractivity contribution < 1.29 is 18.7 Å². The van der Waals surface area contributed by atoms with Gasteiger partial charge in [0.25, 0.3) is 5.91 Å². The van der Waals surface area contributed by atoms with Gasteiger partial charge in [-0.15, -0.1) is 0 Å². The minimum absolute atomic E-state index is 0.0850. The van der Waals surface area contributed by atoms with E-state index in [1.54, 1.807) is 24.3 Å². The quantitative estimate of drug-likeness (QED) is 0.831. The van der Waals surface area contributed by atoms with Gasteiger partial charge < -0.3 is 9.47 Å². The summed E-state index contributed by atoms with van der Waals surface area (Å²) in [6.07, 6.45) is 0. The summed E-state index contributed by atoms with van der Waals surface area (Å²) in [5.74, 6) is -0.343. The van der Waals surface area contributed by atoms with E-state index < -0.39 is 11.7 Å². The third-order valence-corrected chi connectivity index (χ3v) is 2.84. The molecule has 1 amide bonds. The number of hydrogen-bond acceptors (Lipinski definition) is 4. The average molecular weight is 290 g/mol. The van der Waals surface area contributed by atoms with Crippen LogP contribution in [0.5, 0.6) is 11.5 Å². The Morgan fingerprint density at radius 1 is 1.10 bits per heavy atom. The summed E-state index contributed by atoms with van der Waals surface area (Å²) in [5.41, 5.74) is 5.60. The summed E-state index contributed by atoms with van der Waals surface area (Å²) >= 11 is 0. The smallest absolute Gasteiger partial charge is 0.272 e. The number of carbonyl (C=O) groups excluding carboxylic acids is 1. The zero-order valence-electron chi connectivity index (χ0n) is 11.6.